The van der Waals surface area contributed by atoms with Crippen LogP contribution in [-0.2, 0) is 20.8 Å². The molecule has 1 heterocycles. The van der Waals surface area contributed by atoms with E-state index in [9.17, 15) is 19.5 Å². The smallest absolute Gasteiger partial charge is 0.326 e. The molecule has 26 heavy (non-hydrogen) atoms. The van der Waals surface area contributed by atoms with E-state index in [1.54, 1.807) is 20.0 Å². The number of hydrogen-bond acceptors (Lipinski definition) is 5. The Morgan fingerprint density at radius 1 is 1.19 bits per heavy atom. The van der Waals surface area contributed by atoms with Gasteiger partial charge in [0.25, 0.3) is 0 Å². The van der Waals surface area contributed by atoms with Gasteiger partial charge in [0.05, 0.1) is 12.4 Å². The van der Waals surface area contributed by atoms with Crippen molar-refractivity contribution in [1.82, 2.24) is 20.6 Å². The van der Waals surface area contributed by atoms with Crippen molar-refractivity contribution in [3.8, 4) is 0 Å². The van der Waals surface area contributed by atoms with Crippen molar-refractivity contribution in [2.24, 2.45) is 17.6 Å². The highest BCUT2D eigenvalue weighted by Gasteiger charge is 2.30. The third-order valence-corrected chi connectivity index (χ3v) is 3.90. The Morgan fingerprint density at radius 3 is 2.31 bits per heavy atom. The van der Waals surface area contributed by atoms with Crippen LogP contribution < -0.4 is 16.4 Å². The lowest BCUT2D eigenvalue weighted by Gasteiger charge is -2.25. The maximum Gasteiger partial charge on any atom is 0.326 e. The summed E-state index contributed by atoms with van der Waals surface area (Å²) in [4.78, 5) is 42.9. The molecule has 1 aromatic rings. The summed E-state index contributed by atoms with van der Waals surface area (Å²) in [5, 5.41) is 14.4. The van der Waals surface area contributed by atoms with E-state index in [1.807, 2.05) is 13.8 Å². The predicted molar refractivity (Wildman–Crippen MR) is 96.1 cm³/mol. The topological polar surface area (TPSA) is 150 Å². The molecule has 3 unspecified atom stereocenters. The standard InChI is InChI=1S/C17H29N5O4/c1-9(2)5-13(17(25)26)21-16(24)14(10(3)4)22-15(23)12(18)6-11-7-19-8-20-11/h7-10,12-14H,5-6,18H2,1-4H3,(H,19,20)(H,21,24)(H,22,23)(H,25,26). The number of nitrogens with zero attached hydrogens (tertiary/aromatic N) is 1. The molecule has 0 aliphatic heterocycles. The van der Waals surface area contributed by atoms with Crippen molar-refractivity contribution in [3.05, 3.63) is 18.2 Å². The second-order valence-electron chi connectivity index (χ2n) is 7.15. The third-order valence-electron chi connectivity index (χ3n) is 3.90. The third kappa shape index (κ3) is 6.83. The van der Waals surface area contributed by atoms with Gasteiger partial charge in [-0.15, -0.1) is 0 Å². The second kappa shape index (κ2) is 9.91. The second-order valence-corrected chi connectivity index (χ2v) is 7.15. The fourth-order valence-electron chi connectivity index (χ4n) is 2.48. The van der Waals surface area contributed by atoms with E-state index in [0.717, 1.165) is 0 Å². The van der Waals surface area contributed by atoms with Gasteiger partial charge in [0, 0.05) is 18.3 Å². The fraction of sp³-hybridized carbons (Fsp3) is 0.647. The summed E-state index contributed by atoms with van der Waals surface area (Å²) in [5.41, 5.74) is 6.60. The molecule has 0 aromatic carbocycles. The Hall–Kier alpha value is -2.42. The van der Waals surface area contributed by atoms with Crippen LogP contribution in [0.1, 0.15) is 39.8 Å². The van der Waals surface area contributed by atoms with E-state index in [2.05, 4.69) is 20.6 Å². The Labute approximate surface area is 153 Å². The minimum Gasteiger partial charge on any atom is -0.480 e. The van der Waals surface area contributed by atoms with Crippen molar-refractivity contribution in [2.45, 2.75) is 58.7 Å². The number of carbonyl (C=O) groups excluding carboxylic acids is 2. The number of nitrogens with one attached hydrogen (secondary N) is 3. The van der Waals surface area contributed by atoms with Gasteiger partial charge in [-0.2, -0.15) is 0 Å². The summed E-state index contributed by atoms with van der Waals surface area (Å²) in [5.74, 6) is -2.24. The van der Waals surface area contributed by atoms with Gasteiger partial charge in [-0.1, -0.05) is 27.7 Å². The Balaban J connectivity index is 2.72. The van der Waals surface area contributed by atoms with Gasteiger partial charge in [0.2, 0.25) is 11.8 Å². The maximum atomic E-state index is 12.5. The van der Waals surface area contributed by atoms with Gasteiger partial charge >= 0.3 is 5.97 Å². The minimum atomic E-state index is -1.10. The zero-order valence-corrected chi connectivity index (χ0v) is 15.7. The number of carboxylic acids is 1. The number of aromatic nitrogens is 2. The monoisotopic (exact) mass is 367 g/mol. The summed E-state index contributed by atoms with van der Waals surface area (Å²) in [6, 6.07) is -2.72. The van der Waals surface area contributed by atoms with Crippen LogP contribution in [0.5, 0.6) is 0 Å². The normalized spacial score (nSPS) is 14.7. The Kier molecular flexibility index (Phi) is 8.24. The number of carbonyl (C=O) groups is 3. The molecule has 9 nitrogen and oxygen atoms in total. The number of nitrogens with two attached hydrogens (primary N) is 1. The summed E-state index contributed by atoms with van der Waals surface area (Å²) in [7, 11) is 0. The van der Waals surface area contributed by atoms with E-state index < -0.39 is 35.9 Å². The number of imidazole rings is 1. The first-order valence-corrected chi connectivity index (χ1v) is 8.68. The highest BCUT2D eigenvalue weighted by Crippen LogP contribution is 2.08. The average molecular weight is 367 g/mol. The van der Waals surface area contributed by atoms with Crippen molar-refractivity contribution in [3.63, 3.8) is 0 Å². The van der Waals surface area contributed by atoms with Crippen LogP contribution in [-0.4, -0.2) is 51.0 Å². The summed E-state index contributed by atoms with van der Waals surface area (Å²) in [6.45, 7) is 7.28. The first kappa shape index (κ1) is 21.6. The van der Waals surface area contributed by atoms with Crippen molar-refractivity contribution in [2.75, 3.05) is 0 Å². The van der Waals surface area contributed by atoms with Crippen LogP contribution in [0.25, 0.3) is 0 Å². The summed E-state index contributed by atoms with van der Waals surface area (Å²) in [6.07, 6.45) is 3.62. The van der Waals surface area contributed by atoms with Crippen LogP contribution in [0, 0.1) is 11.8 Å². The van der Waals surface area contributed by atoms with Crippen LogP contribution in [0.3, 0.4) is 0 Å². The Bertz CT molecular complexity index is 600. The van der Waals surface area contributed by atoms with Gasteiger partial charge < -0.3 is 26.5 Å². The van der Waals surface area contributed by atoms with Gasteiger partial charge in [-0.25, -0.2) is 9.78 Å². The number of amides is 2. The minimum absolute atomic E-state index is 0.103. The van der Waals surface area contributed by atoms with E-state index in [0.29, 0.717) is 12.1 Å². The first-order valence-electron chi connectivity index (χ1n) is 8.68. The lowest BCUT2D eigenvalue weighted by atomic mass is 10.00. The molecular weight excluding hydrogens is 338 g/mol. The molecule has 2 amide bonds. The van der Waals surface area contributed by atoms with Crippen LogP contribution >= 0.6 is 0 Å². The molecule has 0 radical (unpaired) electrons. The molecular formula is C17H29N5O4. The largest absolute Gasteiger partial charge is 0.480 e. The molecule has 0 bridgehead atoms. The molecule has 0 aliphatic carbocycles. The van der Waals surface area contributed by atoms with E-state index in [4.69, 9.17) is 5.73 Å². The maximum absolute atomic E-state index is 12.5. The molecule has 9 heteroatoms. The highest BCUT2D eigenvalue weighted by molar-refractivity contribution is 5.92. The molecule has 0 fully saturated rings. The lowest BCUT2D eigenvalue weighted by Crippen LogP contribution is -2.56. The van der Waals surface area contributed by atoms with Gasteiger partial charge in [-0.3, -0.25) is 9.59 Å². The molecule has 0 saturated heterocycles. The number of hydrogen-bond donors (Lipinski definition) is 5. The zero-order chi connectivity index (χ0) is 19.9. The zero-order valence-electron chi connectivity index (χ0n) is 15.7. The Morgan fingerprint density at radius 2 is 1.85 bits per heavy atom. The number of aromatic amines is 1. The molecule has 3 atom stereocenters. The molecule has 6 N–H and O–H groups in total. The fourth-order valence-corrected chi connectivity index (χ4v) is 2.48. The number of aliphatic carboxylic acids is 1. The van der Waals surface area contributed by atoms with E-state index >= 15 is 0 Å². The number of rotatable bonds is 10. The summed E-state index contributed by atoms with van der Waals surface area (Å²) < 4.78 is 0. The molecule has 1 aromatic heterocycles. The van der Waals surface area contributed by atoms with Gasteiger partial charge in [0.15, 0.2) is 0 Å². The molecule has 146 valence electrons. The van der Waals surface area contributed by atoms with Crippen LogP contribution in [0.15, 0.2) is 12.5 Å². The quantitative estimate of drug-likeness (QED) is 0.394. The SMILES string of the molecule is CC(C)CC(NC(=O)C(NC(=O)C(N)Cc1cnc[nH]1)C(C)C)C(=O)O. The van der Waals surface area contributed by atoms with E-state index in [1.165, 1.54) is 6.33 Å². The van der Waals surface area contributed by atoms with Crippen LogP contribution in [0.4, 0.5) is 0 Å². The summed E-state index contributed by atoms with van der Waals surface area (Å²) >= 11 is 0. The number of H-pyrrole nitrogens is 1. The number of carboxylic acid groups (broad SMARTS) is 1. The van der Waals surface area contributed by atoms with Gasteiger partial charge in [-0.05, 0) is 18.3 Å². The van der Waals surface area contributed by atoms with Crippen molar-refractivity contribution >= 4 is 17.8 Å². The molecule has 1 rings (SSSR count). The molecule has 0 aliphatic rings. The van der Waals surface area contributed by atoms with Crippen molar-refractivity contribution in [1.29, 1.82) is 0 Å². The van der Waals surface area contributed by atoms with Crippen molar-refractivity contribution < 1.29 is 19.5 Å². The molecule has 0 saturated carbocycles. The van der Waals surface area contributed by atoms with Crippen LogP contribution in [0.2, 0.25) is 0 Å². The average Bonchev–Trinajstić information content (AvgIpc) is 3.03. The highest BCUT2D eigenvalue weighted by atomic mass is 16.4. The van der Waals surface area contributed by atoms with Gasteiger partial charge in [0.1, 0.15) is 12.1 Å². The van der Waals surface area contributed by atoms with E-state index in [-0.39, 0.29) is 18.3 Å². The first-order chi connectivity index (χ1) is 12.1. The predicted octanol–water partition coefficient (Wildman–Crippen LogP) is 0.0358. The molecule has 0 spiro atoms. The lowest BCUT2D eigenvalue weighted by molar-refractivity contribution is -0.143.